The molecule has 26 heavy (non-hydrogen) atoms. The van der Waals surface area contributed by atoms with Crippen LogP contribution in [0.5, 0.6) is 0 Å². The Hall–Kier alpha value is -1.01. The summed E-state index contributed by atoms with van der Waals surface area (Å²) in [4.78, 5) is 27.2. The number of carbonyl (C=O) groups excluding carboxylic acids is 2. The minimum absolute atomic E-state index is 0. The van der Waals surface area contributed by atoms with Gasteiger partial charge in [0.1, 0.15) is 6.04 Å². The highest BCUT2D eigenvalue weighted by Crippen LogP contribution is 2.25. The Balaban J connectivity index is 0.00000243. The smallest absolute Gasteiger partial charge is 0.254 e. The lowest BCUT2D eigenvalue weighted by Crippen LogP contribution is -2.56. The molecule has 1 aromatic rings. The zero-order valence-electron chi connectivity index (χ0n) is 14.6. The number of piperidine rings is 1. The van der Waals surface area contributed by atoms with Crippen LogP contribution in [0.25, 0.3) is 0 Å². The summed E-state index contributed by atoms with van der Waals surface area (Å²) >= 11 is 12.0. The summed E-state index contributed by atoms with van der Waals surface area (Å²) in [6.45, 7) is 3.63. The van der Waals surface area contributed by atoms with E-state index in [-0.39, 0.29) is 36.3 Å². The first-order valence-corrected chi connectivity index (χ1v) is 9.52. The Morgan fingerprint density at radius 2 is 1.85 bits per heavy atom. The predicted octanol–water partition coefficient (Wildman–Crippen LogP) is 3.28. The summed E-state index contributed by atoms with van der Waals surface area (Å²) in [5.41, 5.74) is 0.421. The van der Waals surface area contributed by atoms with Crippen molar-refractivity contribution in [2.75, 3.05) is 13.1 Å². The van der Waals surface area contributed by atoms with Gasteiger partial charge in [-0.25, -0.2) is 0 Å². The average molecular weight is 421 g/mol. The van der Waals surface area contributed by atoms with Gasteiger partial charge in [0.05, 0.1) is 0 Å². The summed E-state index contributed by atoms with van der Waals surface area (Å²) in [5, 5.41) is 7.33. The lowest BCUT2D eigenvalue weighted by atomic mass is 9.99. The molecule has 0 saturated carbocycles. The number of amides is 2. The second kappa shape index (κ2) is 9.27. The molecule has 2 aliphatic rings. The number of halogens is 3. The summed E-state index contributed by atoms with van der Waals surface area (Å²) in [7, 11) is 0. The Labute approximate surface area is 170 Å². The van der Waals surface area contributed by atoms with Crippen molar-refractivity contribution in [1.29, 1.82) is 0 Å². The molecule has 0 spiro atoms. The quantitative estimate of drug-likeness (QED) is 0.789. The maximum atomic E-state index is 12.8. The molecule has 0 radical (unpaired) electrons. The van der Waals surface area contributed by atoms with E-state index >= 15 is 0 Å². The molecule has 2 saturated heterocycles. The van der Waals surface area contributed by atoms with Crippen molar-refractivity contribution >= 4 is 47.4 Å². The van der Waals surface area contributed by atoms with Crippen molar-refractivity contribution < 1.29 is 9.59 Å². The van der Waals surface area contributed by atoms with Crippen molar-refractivity contribution in [2.24, 2.45) is 0 Å². The zero-order valence-corrected chi connectivity index (χ0v) is 17.0. The van der Waals surface area contributed by atoms with Gasteiger partial charge in [-0.3, -0.25) is 9.59 Å². The van der Waals surface area contributed by atoms with Gasteiger partial charge in [-0.2, -0.15) is 0 Å². The minimum atomic E-state index is -0.431. The third-order valence-electron chi connectivity index (χ3n) is 5.02. The Kier molecular flexibility index (Phi) is 7.59. The molecule has 2 N–H and O–H groups in total. The fourth-order valence-corrected chi connectivity index (χ4v) is 4.17. The lowest BCUT2D eigenvalue weighted by molar-refractivity contribution is -0.125. The van der Waals surface area contributed by atoms with E-state index in [0.29, 0.717) is 28.6 Å². The van der Waals surface area contributed by atoms with E-state index in [9.17, 15) is 9.59 Å². The molecule has 2 aliphatic heterocycles. The molecule has 8 heteroatoms. The van der Waals surface area contributed by atoms with Crippen LogP contribution in [-0.4, -0.2) is 47.9 Å². The fourth-order valence-electron chi connectivity index (χ4n) is 3.65. The number of rotatable bonds is 3. The molecule has 2 heterocycles. The van der Waals surface area contributed by atoms with Crippen LogP contribution in [0, 0.1) is 0 Å². The van der Waals surface area contributed by atoms with Gasteiger partial charge >= 0.3 is 0 Å². The lowest BCUT2D eigenvalue weighted by Gasteiger charge is -2.33. The monoisotopic (exact) mass is 419 g/mol. The van der Waals surface area contributed by atoms with Crippen LogP contribution in [0.15, 0.2) is 18.2 Å². The number of hydrogen-bond donors (Lipinski definition) is 2. The Bertz CT molecular complexity index is 651. The molecule has 1 aromatic carbocycles. The largest absolute Gasteiger partial charge is 0.350 e. The molecular weight excluding hydrogens is 397 g/mol. The van der Waals surface area contributed by atoms with Crippen molar-refractivity contribution in [3.63, 3.8) is 0 Å². The molecule has 0 aliphatic carbocycles. The number of carbonyl (C=O) groups is 2. The molecule has 5 nitrogen and oxygen atoms in total. The highest BCUT2D eigenvalue weighted by molar-refractivity contribution is 6.35. The molecule has 3 unspecified atom stereocenters. The third-order valence-corrected chi connectivity index (χ3v) is 5.45. The van der Waals surface area contributed by atoms with Gasteiger partial charge in [-0.1, -0.05) is 23.2 Å². The van der Waals surface area contributed by atoms with Gasteiger partial charge in [-0.15, -0.1) is 12.4 Å². The first-order chi connectivity index (χ1) is 12.0. The molecule has 3 atom stereocenters. The van der Waals surface area contributed by atoms with Gasteiger partial charge < -0.3 is 15.5 Å². The summed E-state index contributed by atoms with van der Waals surface area (Å²) < 4.78 is 0. The second-order valence-corrected chi connectivity index (χ2v) is 7.69. The van der Waals surface area contributed by atoms with E-state index in [4.69, 9.17) is 23.2 Å². The van der Waals surface area contributed by atoms with Crippen molar-refractivity contribution in [2.45, 2.75) is 50.7 Å². The van der Waals surface area contributed by atoms with Crippen molar-refractivity contribution in [3.8, 4) is 0 Å². The molecule has 3 rings (SSSR count). The summed E-state index contributed by atoms with van der Waals surface area (Å²) in [6.07, 6.45) is 3.51. The predicted molar refractivity (Wildman–Crippen MR) is 106 cm³/mol. The minimum Gasteiger partial charge on any atom is -0.350 e. The van der Waals surface area contributed by atoms with E-state index in [1.807, 2.05) is 0 Å². The first kappa shape index (κ1) is 21.3. The van der Waals surface area contributed by atoms with Crippen LogP contribution < -0.4 is 10.6 Å². The summed E-state index contributed by atoms with van der Waals surface area (Å²) in [6, 6.07) is 4.70. The van der Waals surface area contributed by atoms with Crippen LogP contribution in [0.1, 0.15) is 43.0 Å². The van der Waals surface area contributed by atoms with E-state index in [0.717, 1.165) is 25.8 Å². The normalized spacial score (nSPS) is 25.5. The molecule has 0 bridgehead atoms. The van der Waals surface area contributed by atoms with Crippen LogP contribution in [0.3, 0.4) is 0 Å². The topological polar surface area (TPSA) is 61.4 Å². The van der Waals surface area contributed by atoms with Gasteiger partial charge in [0.2, 0.25) is 5.91 Å². The maximum absolute atomic E-state index is 12.8. The van der Waals surface area contributed by atoms with Gasteiger partial charge in [0, 0.05) is 34.2 Å². The SMILES string of the molecule is CC1NCCCC1NC(=O)C1CCCN1C(=O)c1cc(Cl)cc(Cl)c1.Cl. The fraction of sp³-hybridized carbons (Fsp3) is 0.556. The van der Waals surface area contributed by atoms with Gasteiger partial charge in [-0.05, 0) is 57.4 Å². The van der Waals surface area contributed by atoms with E-state index in [1.165, 1.54) is 0 Å². The average Bonchev–Trinajstić information content (AvgIpc) is 3.05. The van der Waals surface area contributed by atoms with Crippen LogP contribution in [-0.2, 0) is 4.79 Å². The number of nitrogens with one attached hydrogen (secondary N) is 2. The highest BCUT2D eigenvalue weighted by Gasteiger charge is 2.36. The maximum Gasteiger partial charge on any atom is 0.254 e. The number of nitrogens with zero attached hydrogens (tertiary/aromatic N) is 1. The zero-order chi connectivity index (χ0) is 18.0. The van der Waals surface area contributed by atoms with Crippen molar-refractivity contribution in [3.05, 3.63) is 33.8 Å². The third kappa shape index (κ3) is 4.83. The number of benzene rings is 1. The van der Waals surface area contributed by atoms with Crippen molar-refractivity contribution in [1.82, 2.24) is 15.5 Å². The van der Waals surface area contributed by atoms with Crippen LogP contribution >= 0.6 is 35.6 Å². The molecular formula is C18H24Cl3N3O2. The molecule has 144 valence electrons. The standard InChI is InChI=1S/C18H23Cl2N3O2.ClH/c1-11-15(4-2-6-21-11)22-17(24)16-5-3-7-23(16)18(25)12-8-13(19)10-14(20)9-12;/h8-11,15-16,21H,2-7H2,1H3,(H,22,24);1H. The summed E-state index contributed by atoms with van der Waals surface area (Å²) in [5.74, 6) is -0.267. The first-order valence-electron chi connectivity index (χ1n) is 8.76. The van der Waals surface area contributed by atoms with Crippen LogP contribution in [0.4, 0.5) is 0 Å². The number of hydrogen-bond acceptors (Lipinski definition) is 3. The van der Waals surface area contributed by atoms with Gasteiger partial charge in [0.15, 0.2) is 0 Å². The van der Waals surface area contributed by atoms with E-state index in [2.05, 4.69) is 17.6 Å². The Morgan fingerprint density at radius 1 is 1.15 bits per heavy atom. The Morgan fingerprint density at radius 3 is 2.50 bits per heavy atom. The highest BCUT2D eigenvalue weighted by atomic mass is 35.5. The molecule has 2 amide bonds. The van der Waals surface area contributed by atoms with E-state index < -0.39 is 6.04 Å². The number of likely N-dealkylation sites (tertiary alicyclic amines) is 1. The molecule has 0 aromatic heterocycles. The second-order valence-electron chi connectivity index (χ2n) is 6.81. The molecule has 2 fully saturated rings. The van der Waals surface area contributed by atoms with E-state index in [1.54, 1.807) is 23.1 Å². The van der Waals surface area contributed by atoms with Gasteiger partial charge in [0.25, 0.3) is 5.91 Å². The van der Waals surface area contributed by atoms with Crippen LogP contribution in [0.2, 0.25) is 10.0 Å².